The highest BCUT2D eigenvalue weighted by atomic mass is 16.2. The number of primary amides is 1. The zero-order valence-electron chi connectivity index (χ0n) is 16.3. The van der Waals surface area contributed by atoms with Gasteiger partial charge in [0.2, 0.25) is 17.7 Å². The Morgan fingerprint density at radius 1 is 1.14 bits per heavy atom. The first-order valence-electron chi connectivity index (χ1n) is 10.2. The summed E-state index contributed by atoms with van der Waals surface area (Å²) in [6.07, 6.45) is 4.86. The Bertz CT molecular complexity index is 860. The minimum absolute atomic E-state index is 0.164. The van der Waals surface area contributed by atoms with Crippen LogP contribution in [0, 0.1) is 5.92 Å². The Morgan fingerprint density at radius 2 is 1.90 bits per heavy atom. The van der Waals surface area contributed by atoms with Gasteiger partial charge in [0, 0.05) is 42.2 Å². The van der Waals surface area contributed by atoms with E-state index in [0.717, 1.165) is 36.9 Å². The lowest BCUT2D eigenvalue weighted by Crippen LogP contribution is -2.52. The highest BCUT2D eigenvalue weighted by molar-refractivity contribution is 6.06. The Hall–Kier alpha value is -2.90. The van der Waals surface area contributed by atoms with Crippen molar-refractivity contribution in [2.75, 3.05) is 5.32 Å². The van der Waals surface area contributed by atoms with Gasteiger partial charge >= 0.3 is 0 Å². The molecule has 1 aliphatic carbocycles. The molecule has 1 aromatic rings. The van der Waals surface area contributed by atoms with Crippen molar-refractivity contribution in [3.05, 3.63) is 29.3 Å². The molecular weight excluding hydrogens is 372 g/mol. The van der Waals surface area contributed by atoms with E-state index in [2.05, 4.69) is 10.6 Å². The smallest absolute Gasteiger partial charge is 0.255 e. The number of rotatable bonds is 5. The van der Waals surface area contributed by atoms with Crippen LogP contribution in [0.4, 0.5) is 5.69 Å². The van der Waals surface area contributed by atoms with Crippen LogP contribution in [0.15, 0.2) is 18.2 Å². The van der Waals surface area contributed by atoms with Gasteiger partial charge in [0.05, 0.1) is 0 Å². The van der Waals surface area contributed by atoms with Gasteiger partial charge in [-0.1, -0.05) is 6.07 Å². The predicted octanol–water partition coefficient (Wildman–Crippen LogP) is 1.29. The Kier molecular flexibility index (Phi) is 5.25. The fourth-order valence-electron chi connectivity index (χ4n) is 4.74. The maximum atomic E-state index is 12.9. The topological polar surface area (TPSA) is 122 Å². The molecule has 1 unspecified atom stereocenters. The van der Waals surface area contributed by atoms with Gasteiger partial charge < -0.3 is 16.0 Å². The van der Waals surface area contributed by atoms with Crippen molar-refractivity contribution in [3.63, 3.8) is 0 Å². The van der Waals surface area contributed by atoms with E-state index >= 15 is 0 Å². The van der Waals surface area contributed by atoms with E-state index in [1.165, 1.54) is 0 Å². The molecule has 29 heavy (non-hydrogen) atoms. The minimum atomic E-state index is -0.607. The number of amides is 4. The van der Waals surface area contributed by atoms with Crippen LogP contribution in [0.2, 0.25) is 0 Å². The summed E-state index contributed by atoms with van der Waals surface area (Å²) in [5, 5.41) is 5.90. The second kappa shape index (κ2) is 7.85. The fourth-order valence-corrected chi connectivity index (χ4v) is 4.74. The van der Waals surface area contributed by atoms with Crippen LogP contribution >= 0.6 is 0 Å². The number of nitrogens with one attached hydrogen (secondary N) is 2. The van der Waals surface area contributed by atoms with Crippen molar-refractivity contribution >= 4 is 29.3 Å². The molecule has 2 heterocycles. The summed E-state index contributed by atoms with van der Waals surface area (Å²) >= 11 is 0. The molecule has 8 heteroatoms. The third-order valence-corrected chi connectivity index (χ3v) is 6.28. The van der Waals surface area contributed by atoms with Gasteiger partial charge in [-0.15, -0.1) is 0 Å². The van der Waals surface area contributed by atoms with Crippen LogP contribution in [0.3, 0.4) is 0 Å². The van der Waals surface area contributed by atoms with Crippen LogP contribution < -0.4 is 16.4 Å². The van der Waals surface area contributed by atoms with Crippen molar-refractivity contribution in [2.24, 2.45) is 11.7 Å². The summed E-state index contributed by atoms with van der Waals surface area (Å²) in [6.45, 7) is 0.362. The maximum Gasteiger partial charge on any atom is 0.255 e. The lowest BCUT2D eigenvalue weighted by molar-refractivity contribution is -0.137. The van der Waals surface area contributed by atoms with Crippen molar-refractivity contribution in [3.8, 4) is 0 Å². The van der Waals surface area contributed by atoms with Gasteiger partial charge in [-0.2, -0.15) is 0 Å². The van der Waals surface area contributed by atoms with Crippen molar-refractivity contribution in [2.45, 2.75) is 63.6 Å². The number of fused-ring (bicyclic) bond motifs is 1. The number of anilines is 1. The minimum Gasteiger partial charge on any atom is -0.382 e. The first-order valence-corrected chi connectivity index (χ1v) is 10.2. The van der Waals surface area contributed by atoms with E-state index in [9.17, 15) is 19.2 Å². The van der Waals surface area contributed by atoms with E-state index in [-0.39, 0.29) is 30.2 Å². The lowest BCUT2D eigenvalue weighted by atomic mass is 9.84. The number of benzene rings is 1. The fraction of sp³-hybridized carbons (Fsp3) is 0.524. The molecule has 0 spiro atoms. The van der Waals surface area contributed by atoms with Gasteiger partial charge in [0.1, 0.15) is 6.04 Å². The quantitative estimate of drug-likeness (QED) is 0.645. The molecule has 0 aromatic heterocycles. The SMILES string of the molecule is NC(=O)CC1CCC(Nc2cccc3c2CN(C2CCC(=O)NC2=O)C3=O)CC1. The van der Waals surface area contributed by atoms with E-state index in [1.807, 2.05) is 12.1 Å². The normalized spacial score (nSPS) is 26.8. The number of piperidine rings is 1. The Labute approximate surface area is 169 Å². The number of imide groups is 1. The molecule has 0 radical (unpaired) electrons. The highest BCUT2D eigenvalue weighted by Gasteiger charge is 2.40. The number of carbonyl (C=O) groups is 4. The van der Waals surface area contributed by atoms with Gasteiger partial charge in [-0.3, -0.25) is 24.5 Å². The van der Waals surface area contributed by atoms with Gasteiger partial charge in [0.15, 0.2) is 0 Å². The molecule has 1 saturated carbocycles. The summed E-state index contributed by atoms with van der Waals surface area (Å²) < 4.78 is 0. The molecule has 8 nitrogen and oxygen atoms in total. The predicted molar refractivity (Wildman–Crippen MR) is 106 cm³/mol. The zero-order chi connectivity index (χ0) is 20.5. The molecule has 0 bridgehead atoms. The second-order valence-electron chi connectivity index (χ2n) is 8.26. The Balaban J connectivity index is 1.44. The number of hydrogen-bond acceptors (Lipinski definition) is 5. The number of carbonyl (C=O) groups excluding carboxylic acids is 4. The standard InChI is InChI=1S/C21H26N4O4/c22-18(26)10-12-4-6-13(7-5-12)23-16-3-1-2-14-15(16)11-25(21(14)29)17-8-9-19(27)24-20(17)28/h1-3,12-13,17,23H,4-11H2,(H2,22,26)(H,24,27,28). The third kappa shape index (κ3) is 3.97. The Morgan fingerprint density at radius 3 is 2.59 bits per heavy atom. The van der Waals surface area contributed by atoms with Crippen molar-refractivity contribution < 1.29 is 19.2 Å². The molecule has 1 aromatic carbocycles. The molecule has 4 amide bonds. The third-order valence-electron chi connectivity index (χ3n) is 6.28. The van der Waals surface area contributed by atoms with E-state index < -0.39 is 11.9 Å². The molecular formula is C21H26N4O4. The molecule has 4 rings (SSSR count). The molecule has 1 saturated heterocycles. The van der Waals surface area contributed by atoms with Gasteiger partial charge in [0.25, 0.3) is 5.91 Å². The van der Waals surface area contributed by atoms with Crippen molar-refractivity contribution in [1.82, 2.24) is 10.2 Å². The molecule has 1 atom stereocenters. The van der Waals surface area contributed by atoms with E-state index in [0.29, 0.717) is 30.9 Å². The number of hydrogen-bond donors (Lipinski definition) is 3. The highest BCUT2D eigenvalue weighted by Crippen LogP contribution is 2.34. The van der Waals surface area contributed by atoms with Crippen LogP contribution in [0.5, 0.6) is 0 Å². The first kappa shape index (κ1) is 19.4. The van der Waals surface area contributed by atoms with Crippen LogP contribution in [0.1, 0.15) is 60.9 Å². The lowest BCUT2D eigenvalue weighted by Gasteiger charge is -2.30. The average molecular weight is 398 g/mol. The maximum absolute atomic E-state index is 12.9. The summed E-state index contributed by atoms with van der Waals surface area (Å²) in [4.78, 5) is 49.2. The first-order chi connectivity index (χ1) is 13.9. The van der Waals surface area contributed by atoms with Crippen LogP contribution in [0.25, 0.3) is 0 Å². The number of nitrogens with two attached hydrogens (primary N) is 1. The molecule has 2 fully saturated rings. The van der Waals surface area contributed by atoms with E-state index in [1.54, 1.807) is 11.0 Å². The molecule has 3 aliphatic rings. The summed E-state index contributed by atoms with van der Waals surface area (Å²) in [5.41, 5.74) is 7.75. The average Bonchev–Trinajstić information content (AvgIpc) is 3.01. The molecule has 4 N–H and O–H groups in total. The largest absolute Gasteiger partial charge is 0.382 e. The number of nitrogens with zero attached hydrogens (tertiary/aromatic N) is 1. The second-order valence-corrected chi connectivity index (χ2v) is 8.26. The monoisotopic (exact) mass is 398 g/mol. The summed E-state index contributed by atoms with van der Waals surface area (Å²) in [5.74, 6) is -0.733. The van der Waals surface area contributed by atoms with Gasteiger partial charge in [-0.25, -0.2) is 0 Å². The zero-order valence-corrected chi connectivity index (χ0v) is 16.3. The van der Waals surface area contributed by atoms with Crippen molar-refractivity contribution in [1.29, 1.82) is 0 Å². The van der Waals surface area contributed by atoms with Gasteiger partial charge in [-0.05, 0) is 50.2 Å². The van der Waals surface area contributed by atoms with Crippen LogP contribution in [-0.4, -0.2) is 40.6 Å². The van der Waals surface area contributed by atoms with E-state index in [4.69, 9.17) is 5.73 Å². The molecule has 154 valence electrons. The summed E-state index contributed by atoms with van der Waals surface area (Å²) in [6, 6.07) is 5.29. The molecule has 2 aliphatic heterocycles. The summed E-state index contributed by atoms with van der Waals surface area (Å²) in [7, 11) is 0. The van der Waals surface area contributed by atoms with Crippen LogP contribution in [-0.2, 0) is 20.9 Å².